The van der Waals surface area contributed by atoms with Crippen LogP contribution < -0.4 is 0 Å². The lowest BCUT2D eigenvalue weighted by molar-refractivity contribution is -0.139. The number of nitrogens with zero attached hydrogens (tertiary/aromatic N) is 4. The van der Waals surface area contributed by atoms with Crippen molar-refractivity contribution in [1.82, 2.24) is 19.7 Å². The molecule has 4 rings (SSSR count). The SMILES string of the molecule is O=C(C1CCCC1)N1CCCCC1c1nncn1CC1CC1. The molecule has 120 valence electrons. The maximum atomic E-state index is 12.9. The Bertz CT molecular complexity index is 531. The minimum Gasteiger partial charge on any atom is -0.332 e. The van der Waals surface area contributed by atoms with Gasteiger partial charge in [-0.2, -0.15) is 0 Å². The van der Waals surface area contributed by atoms with Gasteiger partial charge in [0.15, 0.2) is 5.82 Å². The summed E-state index contributed by atoms with van der Waals surface area (Å²) in [6, 6.07) is 0.156. The first-order chi connectivity index (χ1) is 10.8. The van der Waals surface area contributed by atoms with E-state index in [-0.39, 0.29) is 12.0 Å². The van der Waals surface area contributed by atoms with Crippen molar-refractivity contribution in [2.75, 3.05) is 6.54 Å². The van der Waals surface area contributed by atoms with Gasteiger partial charge in [-0.05, 0) is 50.9 Å². The number of piperidine rings is 1. The third-order valence-corrected chi connectivity index (χ3v) is 5.59. The van der Waals surface area contributed by atoms with E-state index in [0.29, 0.717) is 5.91 Å². The van der Waals surface area contributed by atoms with E-state index in [1.54, 1.807) is 0 Å². The molecule has 22 heavy (non-hydrogen) atoms. The minimum atomic E-state index is 0.156. The molecule has 1 aliphatic heterocycles. The second kappa shape index (κ2) is 6.01. The molecule has 1 unspecified atom stereocenters. The van der Waals surface area contributed by atoms with Gasteiger partial charge in [-0.15, -0.1) is 10.2 Å². The summed E-state index contributed by atoms with van der Waals surface area (Å²) in [5.74, 6) is 2.47. The van der Waals surface area contributed by atoms with E-state index in [2.05, 4.69) is 19.7 Å². The van der Waals surface area contributed by atoms with Crippen molar-refractivity contribution in [1.29, 1.82) is 0 Å². The molecule has 2 heterocycles. The number of carbonyl (C=O) groups excluding carboxylic acids is 1. The average molecular weight is 302 g/mol. The van der Waals surface area contributed by atoms with E-state index in [1.165, 1.54) is 32.1 Å². The first-order valence-electron chi connectivity index (χ1n) is 9.01. The van der Waals surface area contributed by atoms with Gasteiger partial charge >= 0.3 is 0 Å². The van der Waals surface area contributed by atoms with Gasteiger partial charge in [0.2, 0.25) is 5.91 Å². The van der Waals surface area contributed by atoms with Gasteiger partial charge in [-0.25, -0.2) is 0 Å². The summed E-state index contributed by atoms with van der Waals surface area (Å²) >= 11 is 0. The Balaban J connectivity index is 1.54. The third kappa shape index (κ3) is 2.77. The summed E-state index contributed by atoms with van der Waals surface area (Å²) < 4.78 is 2.21. The summed E-state index contributed by atoms with van der Waals surface area (Å²) in [5, 5.41) is 8.54. The van der Waals surface area contributed by atoms with E-state index in [1.807, 2.05) is 6.33 Å². The Morgan fingerprint density at radius 1 is 1.09 bits per heavy atom. The zero-order chi connectivity index (χ0) is 14.9. The van der Waals surface area contributed by atoms with Gasteiger partial charge in [-0.1, -0.05) is 12.8 Å². The zero-order valence-electron chi connectivity index (χ0n) is 13.3. The molecule has 0 spiro atoms. The summed E-state index contributed by atoms with van der Waals surface area (Å²) in [4.78, 5) is 15.1. The highest BCUT2D eigenvalue weighted by Gasteiger charge is 2.36. The average Bonchev–Trinajstić information content (AvgIpc) is 3.03. The quantitative estimate of drug-likeness (QED) is 0.859. The van der Waals surface area contributed by atoms with Gasteiger partial charge in [0.25, 0.3) is 0 Å². The molecule has 1 saturated heterocycles. The maximum Gasteiger partial charge on any atom is 0.226 e. The molecule has 0 N–H and O–H groups in total. The maximum absolute atomic E-state index is 12.9. The standard InChI is InChI=1S/C17H26N4O/c22-17(14-5-1-2-6-14)21-10-4-3-7-15(21)16-19-18-12-20(16)11-13-8-9-13/h12-15H,1-11H2. The number of hydrogen-bond acceptors (Lipinski definition) is 3. The molecule has 1 atom stereocenters. The number of likely N-dealkylation sites (tertiary alicyclic amines) is 1. The van der Waals surface area contributed by atoms with Crippen molar-refractivity contribution in [2.24, 2.45) is 11.8 Å². The van der Waals surface area contributed by atoms with Gasteiger partial charge in [-0.3, -0.25) is 4.79 Å². The predicted octanol–water partition coefficient (Wildman–Crippen LogP) is 2.93. The molecule has 3 aliphatic rings. The van der Waals surface area contributed by atoms with Crippen LogP contribution in [-0.2, 0) is 11.3 Å². The molecule has 0 aromatic carbocycles. The highest BCUT2D eigenvalue weighted by Crippen LogP contribution is 2.36. The summed E-state index contributed by atoms with van der Waals surface area (Å²) in [6.45, 7) is 1.93. The van der Waals surface area contributed by atoms with Crippen molar-refractivity contribution in [3.8, 4) is 0 Å². The van der Waals surface area contributed by atoms with Crippen molar-refractivity contribution < 1.29 is 4.79 Å². The number of aromatic nitrogens is 3. The fraction of sp³-hybridized carbons (Fsp3) is 0.824. The third-order valence-electron chi connectivity index (χ3n) is 5.59. The van der Waals surface area contributed by atoms with E-state index in [9.17, 15) is 4.79 Å². The highest BCUT2D eigenvalue weighted by atomic mass is 16.2. The van der Waals surface area contributed by atoms with Gasteiger partial charge in [0.05, 0.1) is 6.04 Å². The predicted molar refractivity (Wildman–Crippen MR) is 83.0 cm³/mol. The lowest BCUT2D eigenvalue weighted by atomic mass is 9.97. The largest absolute Gasteiger partial charge is 0.332 e. The zero-order valence-corrected chi connectivity index (χ0v) is 13.3. The summed E-state index contributed by atoms with van der Waals surface area (Å²) in [7, 11) is 0. The van der Waals surface area contributed by atoms with Crippen LogP contribution in [0.1, 0.15) is 69.7 Å². The van der Waals surface area contributed by atoms with Crippen LogP contribution in [-0.4, -0.2) is 32.1 Å². The molecule has 1 aromatic rings. The summed E-state index contributed by atoms with van der Waals surface area (Å²) in [5.41, 5.74) is 0. The van der Waals surface area contributed by atoms with Crippen LogP contribution in [0.25, 0.3) is 0 Å². The molecule has 1 aromatic heterocycles. The van der Waals surface area contributed by atoms with Crippen LogP contribution >= 0.6 is 0 Å². The lowest BCUT2D eigenvalue weighted by Gasteiger charge is -2.36. The molecule has 0 bridgehead atoms. The first-order valence-corrected chi connectivity index (χ1v) is 9.01. The fourth-order valence-electron chi connectivity index (χ4n) is 4.11. The topological polar surface area (TPSA) is 51.0 Å². The van der Waals surface area contributed by atoms with Crippen LogP contribution in [0.5, 0.6) is 0 Å². The monoisotopic (exact) mass is 302 g/mol. The van der Waals surface area contributed by atoms with E-state index in [4.69, 9.17) is 0 Å². The van der Waals surface area contributed by atoms with Crippen LogP contribution in [0.4, 0.5) is 0 Å². The molecule has 2 saturated carbocycles. The van der Waals surface area contributed by atoms with Crippen molar-refractivity contribution in [3.05, 3.63) is 12.2 Å². The van der Waals surface area contributed by atoms with E-state index in [0.717, 1.165) is 50.5 Å². The minimum absolute atomic E-state index is 0.156. The molecule has 5 nitrogen and oxygen atoms in total. The molecule has 0 radical (unpaired) electrons. The van der Waals surface area contributed by atoms with Crippen LogP contribution in [0, 0.1) is 11.8 Å². The molecular formula is C17H26N4O. The Labute approximate surface area is 132 Å². The molecule has 2 aliphatic carbocycles. The molecule has 3 fully saturated rings. The number of rotatable bonds is 4. The van der Waals surface area contributed by atoms with E-state index >= 15 is 0 Å². The van der Waals surface area contributed by atoms with Crippen molar-refractivity contribution in [2.45, 2.75) is 70.4 Å². The number of amides is 1. The van der Waals surface area contributed by atoms with Gasteiger partial charge in [0, 0.05) is 19.0 Å². The Hall–Kier alpha value is -1.39. The van der Waals surface area contributed by atoms with Crippen molar-refractivity contribution >= 4 is 5.91 Å². The molecule has 1 amide bonds. The first kappa shape index (κ1) is 14.2. The Morgan fingerprint density at radius 2 is 1.86 bits per heavy atom. The number of carbonyl (C=O) groups is 1. The van der Waals surface area contributed by atoms with Crippen LogP contribution in [0.15, 0.2) is 6.33 Å². The van der Waals surface area contributed by atoms with Gasteiger partial charge in [0.1, 0.15) is 6.33 Å². The Morgan fingerprint density at radius 3 is 2.64 bits per heavy atom. The van der Waals surface area contributed by atoms with Crippen LogP contribution in [0.2, 0.25) is 0 Å². The second-order valence-corrected chi connectivity index (χ2v) is 7.31. The molecular weight excluding hydrogens is 276 g/mol. The van der Waals surface area contributed by atoms with Crippen LogP contribution in [0.3, 0.4) is 0 Å². The lowest BCUT2D eigenvalue weighted by Crippen LogP contribution is -2.42. The normalized spacial score (nSPS) is 26.5. The Kier molecular flexibility index (Phi) is 3.89. The fourth-order valence-corrected chi connectivity index (χ4v) is 4.11. The smallest absolute Gasteiger partial charge is 0.226 e. The highest BCUT2D eigenvalue weighted by molar-refractivity contribution is 5.79. The second-order valence-electron chi connectivity index (χ2n) is 7.31. The summed E-state index contributed by atoms with van der Waals surface area (Å²) in [6.07, 6.45) is 12.5. The van der Waals surface area contributed by atoms with Crippen molar-refractivity contribution in [3.63, 3.8) is 0 Å². The van der Waals surface area contributed by atoms with Gasteiger partial charge < -0.3 is 9.47 Å². The van der Waals surface area contributed by atoms with E-state index < -0.39 is 0 Å². The molecule has 5 heteroatoms. The number of hydrogen-bond donors (Lipinski definition) is 0.